The number of nitrogens with zero attached hydrogens (tertiary/aromatic N) is 2. The number of aromatic amines is 1. The minimum absolute atomic E-state index is 0.522. The molecule has 4 rings (SSSR count). The first-order valence-electron chi connectivity index (χ1n) is 6.46. The van der Waals surface area contributed by atoms with Crippen LogP contribution in [0.25, 0.3) is 21.8 Å². The molecule has 4 nitrogen and oxygen atoms in total. The number of rotatable bonds is 2. The molecule has 0 saturated heterocycles. The Hall–Kier alpha value is -2.59. The van der Waals surface area contributed by atoms with Gasteiger partial charge in [-0.2, -0.15) is 0 Å². The number of H-pyrrole nitrogens is 1. The summed E-state index contributed by atoms with van der Waals surface area (Å²) in [5.74, 6) is 1.24. The largest absolute Gasteiger partial charge is 0.438 e. The Balaban J connectivity index is 1.88. The first kappa shape index (κ1) is 12.2. The van der Waals surface area contributed by atoms with E-state index in [4.69, 9.17) is 16.3 Å². The first-order valence-corrected chi connectivity index (χ1v) is 6.84. The Morgan fingerprint density at radius 2 is 1.76 bits per heavy atom. The number of benzene rings is 2. The van der Waals surface area contributed by atoms with Crippen LogP contribution in [0.3, 0.4) is 0 Å². The maximum absolute atomic E-state index is 6.22. The van der Waals surface area contributed by atoms with Crippen molar-refractivity contribution in [2.24, 2.45) is 0 Å². The van der Waals surface area contributed by atoms with Gasteiger partial charge in [0.15, 0.2) is 0 Å². The molecule has 0 aliphatic rings. The van der Waals surface area contributed by atoms with Crippen molar-refractivity contribution in [3.8, 4) is 11.6 Å². The number of nitrogens with one attached hydrogen (secondary N) is 1. The monoisotopic (exact) mass is 295 g/mol. The van der Waals surface area contributed by atoms with Gasteiger partial charge in [-0.15, -0.1) is 0 Å². The lowest BCUT2D eigenvalue weighted by atomic mass is 10.1. The van der Waals surface area contributed by atoms with Crippen LogP contribution in [0.1, 0.15) is 0 Å². The van der Waals surface area contributed by atoms with Crippen molar-refractivity contribution in [2.75, 3.05) is 0 Å². The van der Waals surface area contributed by atoms with E-state index >= 15 is 0 Å². The van der Waals surface area contributed by atoms with Crippen LogP contribution < -0.4 is 4.74 Å². The Bertz CT molecular complexity index is 948. The second-order valence-electron chi connectivity index (χ2n) is 4.61. The summed E-state index contributed by atoms with van der Waals surface area (Å²) in [7, 11) is 0. The van der Waals surface area contributed by atoms with Crippen LogP contribution in [0.2, 0.25) is 5.02 Å². The summed E-state index contributed by atoms with van der Waals surface area (Å²) in [5, 5.41) is 3.45. The van der Waals surface area contributed by atoms with Crippen molar-refractivity contribution in [3.63, 3.8) is 0 Å². The molecule has 1 N–H and O–H groups in total. The van der Waals surface area contributed by atoms with Crippen LogP contribution in [0.15, 0.2) is 55.0 Å². The number of hydrogen-bond acceptors (Lipinski definition) is 3. The Kier molecular flexibility index (Phi) is 2.75. The summed E-state index contributed by atoms with van der Waals surface area (Å²) in [6.07, 6.45) is 3.29. The molecule has 2 aromatic carbocycles. The van der Waals surface area contributed by atoms with Crippen molar-refractivity contribution < 1.29 is 4.74 Å². The average molecular weight is 296 g/mol. The smallest absolute Gasteiger partial charge is 0.231 e. The van der Waals surface area contributed by atoms with Gasteiger partial charge >= 0.3 is 0 Å². The minimum atomic E-state index is 0.522. The molecule has 0 saturated carbocycles. The molecule has 4 aromatic rings. The van der Waals surface area contributed by atoms with Gasteiger partial charge in [0.05, 0.1) is 5.39 Å². The predicted octanol–water partition coefficient (Wildman–Crippen LogP) is 4.56. The van der Waals surface area contributed by atoms with E-state index in [0.29, 0.717) is 10.9 Å². The molecule has 5 heteroatoms. The molecule has 0 unspecified atom stereocenters. The van der Waals surface area contributed by atoms with Gasteiger partial charge in [-0.05, 0) is 18.2 Å². The number of aromatic nitrogens is 3. The number of fused-ring (bicyclic) bond motifs is 2. The zero-order chi connectivity index (χ0) is 14.2. The van der Waals surface area contributed by atoms with Gasteiger partial charge in [0.1, 0.15) is 17.7 Å². The SMILES string of the molecule is Clc1ccc(Oc2ncnc3[nH]ccc23)c2ccccc12. The van der Waals surface area contributed by atoms with Gasteiger partial charge in [0.25, 0.3) is 0 Å². The second-order valence-corrected chi connectivity index (χ2v) is 5.02. The summed E-state index contributed by atoms with van der Waals surface area (Å²) in [4.78, 5) is 11.4. The third kappa shape index (κ3) is 2.00. The van der Waals surface area contributed by atoms with E-state index in [1.54, 1.807) is 0 Å². The van der Waals surface area contributed by atoms with Crippen LogP contribution in [0.5, 0.6) is 11.6 Å². The highest BCUT2D eigenvalue weighted by Crippen LogP contribution is 2.34. The van der Waals surface area contributed by atoms with Crippen LogP contribution in [-0.2, 0) is 0 Å². The van der Waals surface area contributed by atoms with Crippen LogP contribution >= 0.6 is 11.6 Å². The molecule has 21 heavy (non-hydrogen) atoms. The van der Waals surface area contributed by atoms with Crippen molar-refractivity contribution in [1.29, 1.82) is 0 Å². The summed E-state index contributed by atoms with van der Waals surface area (Å²) < 4.78 is 5.99. The van der Waals surface area contributed by atoms with Gasteiger partial charge in [0.2, 0.25) is 5.88 Å². The predicted molar refractivity (Wildman–Crippen MR) is 82.9 cm³/mol. The van der Waals surface area contributed by atoms with Crippen molar-refractivity contribution in [2.45, 2.75) is 0 Å². The third-order valence-electron chi connectivity index (χ3n) is 3.35. The zero-order valence-electron chi connectivity index (χ0n) is 10.9. The zero-order valence-corrected chi connectivity index (χ0v) is 11.6. The molecule has 2 heterocycles. The third-order valence-corrected chi connectivity index (χ3v) is 3.68. The Morgan fingerprint density at radius 3 is 2.67 bits per heavy atom. The van der Waals surface area contributed by atoms with E-state index in [0.717, 1.165) is 27.6 Å². The van der Waals surface area contributed by atoms with E-state index in [1.807, 2.05) is 48.7 Å². The van der Waals surface area contributed by atoms with Crippen molar-refractivity contribution in [3.05, 3.63) is 60.0 Å². The number of hydrogen-bond donors (Lipinski definition) is 1. The van der Waals surface area contributed by atoms with Gasteiger partial charge in [-0.1, -0.05) is 35.9 Å². The molecule has 0 aliphatic heterocycles. The van der Waals surface area contributed by atoms with Gasteiger partial charge in [-0.25, -0.2) is 9.97 Å². The molecule has 0 fully saturated rings. The highest BCUT2D eigenvalue weighted by atomic mass is 35.5. The second kappa shape index (κ2) is 4.75. The van der Waals surface area contributed by atoms with E-state index in [-0.39, 0.29) is 0 Å². The fourth-order valence-corrected chi connectivity index (χ4v) is 2.59. The highest BCUT2D eigenvalue weighted by molar-refractivity contribution is 6.35. The lowest BCUT2D eigenvalue weighted by molar-refractivity contribution is 0.473. The molecule has 102 valence electrons. The Morgan fingerprint density at radius 1 is 0.905 bits per heavy atom. The lowest BCUT2D eigenvalue weighted by Gasteiger charge is -2.09. The van der Waals surface area contributed by atoms with Crippen LogP contribution in [-0.4, -0.2) is 15.0 Å². The molecule has 2 aromatic heterocycles. The summed E-state index contributed by atoms with van der Waals surface area (Å²) in [6.45, 7) is 0. The Labute approximate surface area is 125 Å². The first-order chi connectivity index (χ1) is 10.3. The average Bonchev–Trinajstić information content (AvgIpc) is 3.00. The number of halogens is 1. The van der Waals surface area contributed by atoms with Crippen LogP contribution in [0, 0.1) is 0 Å². The topological polar surface area (TPSA) is 50.8 Å². The van der Waals surface area contributed by atoms with E-state index in [9.17, 15) is 0 Å². The summed E-state index contributed by atoms with van der Waals surface area (Å²) >= 11 is 6.22. The number of ether oxygens (including phenoxy) is 1. The minimum Gasteiger partial charge on any atom is -0.438 e. The van der Waals surface area contributed by atoms with Crippen LogP contribution in [0.4, 0.5) is 0 Å². The molecule has 0 bridgehead atoms. The quantitative estimate of drug-likeness (QED) is 0.590. The van der Waals surface area contributed by atoms with Gasteiger partial charge < -0.3 is 9.72 Å². The maximum atomic E-state index is 6.22. The van der Waals surface area contributed by atoms with Gasteiger partial charge in [-0.3, -0.25) is 0 Å². The van der Waals surface area contributed by atoms with E-state index in [1.165, 1.54) is 6.33 Å². The van der Waals surface area contributed by atoms with E-state index < -0.39 is 0 Å². The fraction of sp³-hybridized carbons (Fsp3) is 0. The molecule has 0 spiro atoms. The molecular formula is C16H10ClN3O. The molecule has 0 atom stereocenters. The van der Waals surface area contributed by atoms with E-state index in [2.05, 4.69) is 15.0 Å². The molecule has 0 amide bonds. The highest BCUT2D eigenvalue weighted by Gasteiger charge is 2.10. The summed E-state index contributed by atoms with van der Waals surface area (Å²) in [6, 6.07) is 13.4. The fourth-order valence-electron chi connectivity index (χ4n) is 2.36. The normalized spacial score (nSPS) is 11.1. The van der Waals surface area contributed by atoms with Crippen molar-refractivity contribution >= 4 is 33.4 Å². The lowest BCUT2D eigenvalue weighted by Crippen LogP contribution is -1.91. The molecule has 0 radical (unpaired) electrons. The summed E-state index contributed by atoms with van der Waals surface area (Å²) in [5.41, 5.74) is 0.748. The van der Waals surface area contributed by atoms with Gasteiger partial charge in [0, 0.05) is 22.0 Å². The van der Waals surface area contributed by atoms with Crippen molar-refractivity contribution in [1.82, 2.24) is 15.0 Å². The maximum Gasteiger partial charge on any atom is 0.231 e. The standard InChI is InChI=1S/C16H10ClN3O/c17-13-5-6-14(11-4-2-1-3-10(11)13)21-16-12-7-8-18-15(12)19-9-20-16/h1-9H,(H,18,19,20). The molecule has 0 aliphatic carbocycles. The molecular weight excluding hydrogens is 286 g/mol.